The Bertz CT molecular complexity index is 467. The number of imidazole rings is 1. The minimum absolute atomic E-state index is 0.0974. The summed E-state index contributed by atoms with van der Waals surface area (Å²) < 4.78 is 6.68. The molecule has 1 aromatic heterocycles. The summed E-state index contributed by atoms with van der Waals surface area (Å²) in [4.78, 5) is 26.7. The van der Waals surface area contributed by atoms with Gasteiger partial charge in [0.05, 0.1) is 18.7 Å². The maximum atomic E-state index is 11.4. The van der Waals surface area contributed by atoms with E-state index in [4.69, 9.17) is 9.84 Å². The topological polar surface area (TPSA) is 81.4 Å². The fourth-order valence-corrected chi connectivity index (χ4v) is 2.22. The van der Waals surface area contributed by atoms with Gasteiger partial charge in [0.2, 0.25) is 0 Å². The van der Waals surface area contributed by atoms with Gasteiger partial charge in [0.15, 0.2) is 0 Å². The standard InChI is InChI=1S/C12H16N2O4/c1-2-18-10(15)6-8-7-14-5-3-4-9(12(16)17)11(14)13-8/h7,9H,2-6H2,1H3,(H,16,17). The van der Waals surface area contributed by atoms with Gasteiger partial charge >= 0.3 is 11.9 Å². The van der Waals surface area contributed by atoms with Crippen molar-refractivity contribution in [2.75, 3.05) is 6.61 Å². The summed E-state index contributed by atoms with van der Waals surface area (Å²) in [7, 11) is 0. The summed E-state index contributed by atoms with van der Waals surface area (Å²) >= 11 is 0. The van der Waals surface area contributed by atoms with Crippen molar-refractivity contribution in [3.05, 3.63) is 17.7 Å². The molecule has 18 heavy (non-hydrogen) atoms. The second-order valence-corrected chi connectivity index (χ2v) is 4.30. The lowest BCUT2D eigenvalue weighted by Gasteiger charge is -2.19. The number of rotatable bonds is 4. The molecule has 0 bridgehead atoms. The quantitative estimate of drug-likeness (QED) is 0.807. The molecule has 0 aliphatic carbocycles. The van der Waals surface area contributed by atoms with E-state index in [9.17, 15) is 9.59 Å². The molecule has 6 nitrogen and oxygen atoms in total. The molecule has 0 saturated heterocycles. The van der Waals surface area contributed by atoms with E-state index in [0.717, 1.165) is 13.0 Å². The molecule has 2 rings (SSSR count). The van der Waals surface area contributed by atoms with Crippen molar-refractivity contribution in [2.45, 2.75) is 38.6 Å². The molecule has 1 unspecified atom stereocenters. The number of aliphatic carboxylic acids is 1. The molecule has 0 radical (unpaired) electrons. The molecule has 1 aromatic rings. The number of nitrogens with zero attached hydrogens (tertiary/aromatic N) is 2. The highest BCUT2D eigenvalue weighted by molar-refractivity contribution is 5.75. The summed E-state index contributed by atoms with van der Waals surface area (Å²) in [6.07, 6.45) is 3.27. The first-order valence-corrected chi connectivity index (χ1v) is 6.06. The van der Waals surface area contributed by atoms with Crippen molar-refractivity contribution >= 4 is 11.9 Å². The lowest BCUT2D eigenvalue weighted by Crippen LogP contribution is -2.22. The molecule has 2 heterocycles. The SMILES string of the molecule is CCOC(=O)Cc1cn2c(n1)C(C(=O)O)CCC2. The fourth-order valence-electron chi connectivity index (χ4n) is 2.22. The molecule has 1 atom stereocenters. The van der Waals surface area contributed by atoms with Crippen LogP contribution in [0.3, 0.4) is 0 Å². The Balaban J connectivity index is 2.17. The number of aryl methyl sites for hydroxylation is 1. The number of carbonyl (C=O) groups excluding carboxylic acids is 1. The molecule has 0 saturated carbocycles. The largest absolute Gasteiger partial charge is 0.481 e. The van der Waals surface area contributed by atoms with Gasteiger partial charge in [-0.1, -0.05) is 0 Å². The zero-order chi connectivity index (χ0) is 13.1. The van der Waals surface area contributed by atoms with Crippen LogP contribution in [0.1, 0.15) is 37.2 Å². The van der Waals surface area contributed by atoms with E-state index in [-0.39, 0.29) is 12.4 Å². The van der Waals surface area contributed by atoms with Crippen LogP contribution >= 0.6 is 0 Å². The second-order valence-electron chi connectivity index (χ2n) is 4.30. The van der Waals surface area contributed by atoms with Gasteiger partial charge in [0.25, 0.3) is 0 Å². The Labute approximate surface area is 105 Å². The van der Waals surface area contributed by atoms with Crippen LogP contribution in [-0.2, 0) is 27.3 Å². The maximum absolute atomic E-state index is 11.4. The van der Waals surface area contributed by atoms with Crippen molar-refractivity contribution in [3.63, 3.8) is 0 Å². The molecule has 1 aliphatic rings. The smallest absolute Gasteiger partial charge is 0.314 e. The van der Waals surface area contributed by atoms with Gasteiger partial charge < -0.3 is 14.4 Å². The van der Waals surface area contributed by atoms with Crippen LogP contribution in [0, 0.1) is 0 Å². The minimum Gasteiger partial charge on any atom is -0.481 e. The first-order valence-electron chi connectivity index (χ1n) is 6.06. The van der Waals surface area contributed by atoms with Gasteiger partial charge in [-0.2, -0.15) is 0 Å². The number of carbonyl (C=O) groups is 2. The van der Waals surface area contributed by atoms with Crippen molar-refractivity contribution in [1.29, 1.82) is 0 Å². The normalized spacial score (nSPS) is 18.2. The highest BCUT2D eigenvalue weighted by atomic mass is 16.5. The summed E-state index contributed by atoms with van der Waals surface area (Å²) in [5.41, 5.74) is 0.580. The number of hydrogen-bond acceptors (Lipinski definition) is 4. The van der Waals surface area contributed by atoms with Crippen LogP contribution in [0.5, 0.6) is 0 Å². The van der Waals surface area contributed by atoms with Crippen LogP contribution in [0.2, 0.25) is 0 Å². The molecule has 1 N–H and O–H groups in total. The molecule has 0 amide bonds. The van der Waals surface area contributed by atoms with Crippen LogP contribution in [0.25, 0.3) is 0 Å². The number of ether oxygens (including phenoxy) is 1. The predicted molar refractivity (Wildman–Crippen MR) is 62.2 cm³/mol. The number of carboxylic acid groups (broad SMARTS) is 1. The Morgan fingerprint density at radius 2 is 2.39 bits per heavy atom. The third kappa shape index (κ3) is 2.52. The van der Waals surface area contributed by atoms with Gasteiger partial charge in [0, 0.05) is 12.7 Å². The highest BCUT2D eigenvalue weighted by Crippen LogP contribution is 2.27. The van der Waals surface area contributed by atoms with Gasteiger partial charge in [-0.25, -0.2) is 4.98 Å². The maximum Gasteiger partial charge on any atom is 0.314 e. The van der Waals surface area contributed by atoms with Crippen molar-refractivity contribution in [3.8, 4) is 0 Å². The number of esters is 1. The monoisotopic (exact) mass is 252 g/mol. The predicted octanol–water partition coefficient (Wildman–Crippen LogP) is 0.951. The van der Waals surface area contributed by atoms with E-state index in [0.29, 0.717) is 24.5 Å². The highest BCUT2D eigenvalue weighted by Gasteiger charge is 2.29. The average molecular weight is 252 g/mol. The molecular formula is C12H16N2O4. The molecule has 6 heteroatoms. The third-order valence-corrected chi connectivity index (χ3v) is 2.99. The summed E-state index contributed by atoms with van der Waals surface area (Å²) in [6, 6.07) is 0. The number of aromatic nitrogens is 2. The van der Waals surface area contributed by atoms with Crippen molar-refractivity contribution in [1.82, 2.24) is 9.55 Å². The van der Waals surface area contributed by atoms with Crippen molar-refractivity contribution in [2.24, 2.45) is 0 Å². The molecule has 0 aromatic carbocycles. The molecular weight excluding hydrogens is 236 g/mol. The molecule has 1 aliphatic heterocycles. The Morgan fingerprint density at radius 1 is 1.61 bits per heavy atom. The van der Waals surface area contributed by atoms with Gasteiger partial charge in [-0.15, -0.1) is 0 Å². The van der Waals surface area contributed by atoms with Crippen LogP contribution in [0.4, 0.5) is 0 Å². The first kappa shape index (κ1) is 12.6. The summed E-state index contributed by atoms with van der Waals surface area (Å²) in [5, 5.41) is 9.12. The van der Waals surface area contributed by atoms with Gasteiger partial charge in [-0.05, 0) is 19.8 Å². The Kier molecular flexibility index (Phi) is 3.64. The Hall–Kier alpha value is -1.85. The Morgan fingerprint density at radius 3 is 3.06 bits per heavy atom. The van der Waals surface area contributed by atoms with E-state index in [1.54, 1.807) is 13.1 Å². The number of carboxylic acids is 1. The van der Waals surface area contributed by atoms with Crippen molar-refractivity contribution < 1.29 is 19.4 Å². The van der Waals surface area contributed by atoms with Crippen LogP contribution in [0.15, 0.2) is 6.20 Å². The van der Waals surface area contributed by atoms with E-state index in [2.05, 4.69) is 4.98 Å². The fraction of sp³-hybridized carbons (Fsp3) is 0.583. The summed E-state index contributed by atoms with van der Waals surface area (Å²) in [5.74, 6) is -1.20. The van der Waals surface area contributed by atoms with Crippen LogP contribution in [-0.4, -0.2) is 33.2 Å². The van der Waals surface area contributed by atoms with E-state index < -0.39 is 11.9 Å². The lowest BCUT2D eigenvalue weighted by molar-refractivity contribution is -0.142. The third-order valence-electron chi connectivity index (χ3n) is 2.99. The average Bonchev–Trinajstić information content (AvgIpc) is 2.70. The molecule has 0 spiro atoms. The van der Waals surface area contributed by atoms with Gasteiger partial charge in [0.1, 0.15) is 11.7 Å². The van der Waals surface area contributed by atoms with Gasteiger partial charge in [-0.3, -0.25) is 9.59 Å². The van der Waals surface area contributed by atoms with E-state index in [1.165, 1.54) is 0 Å². The molecule has 98 valence electrons. The van der Waals surface area contributed by atoms with E-state index in [1.807, 2.05) is 4.57 Å². The summed E-state index contributed by atoms with van der Waals surface area (Å²) in [6.45, 7) is 2.84. The second kappa shape index (κ2) is 5.20. The van der Waals surface area contributed by atoms with Crippen LogP contribution < -0.4 is 0 Å². The van der Waals surface area contributed by atoms with E-state index >= 15 is 0 Å². The molecule has 0 fully saturated rings. The number of hydrogen-bond donors (Lipinski definition) is 1. The zero-order valence-corrected chi connectivity index (χ0v) is 10.3. The lowest BCUT2D eigenvalue weighted by atomic mass is 9.99. The minimum atomic E-state index is -0.857. The number of fused-ring (bicyclic) bond motifs is 1. The first-order chi connectivity index (χ1) is 8.61. The zero-order valence-electron chi connectivity index (χ0n) is 10.3.